The smallest absolute Gasteiger partial charge is 0.315 e. The number of carbonyl (C=O) groups is 5. The topological polar surface area (TPSA) is 171 Å². The van der Waals surface area contributed by atoms with Gasteiger partial charge in [0, 0.05) is 13.1 Å². The van der Waals surface area contributed by atoms with Crippen LogP contribution >= 0.6 is 0 Å². The first-order chi connectivity index (χ1) is 22.9. The predicted molar refractivity (Wildman–Crippen MR) is 195 cm³/mol. The van der Waals surface area contributed by atoms with Crippen molar-refractivity contribution in [1.82, 2.24) is 26.2 Å². The largest absolute Gasteiger partial charge is 0.346 e. The number of amides is 5. The van der Waals surface area contributed by atoms with Crippen LogP contribution in [-0.4, -0.2) is 90.1 Å². The summed E-state index contributed by atoms with van der Waals surface area (Å²) in [5, 5.41) is 11.2. The normalized spacial score (nSPS) is 24.0. The molecule has 0 aromatic rings. The van der Waals surface area contributed by atoms with Gasteiger partial charge in [0.1, 0.15) is 12.1 Å². The minimum atomic E-state index is -3.57. The molecule has 284 valence electrons. The van der Waals surface area contributed by atoms with Gasteiger partial charge in [0.15, 0.2) is 9.84 Å². The van der Waals surface area contributed by atoms with Crippen LogP contribution in [0.15, 0.2) is 12.7 Å². The first kappa shape index (κ1) is 41.5. The van der Waals surface area contributed by atoms with Crippen LogP contribution in [-0.2, 0) is 29.0 Å². The van der Waals surface area contributed by atoms with Crippen LogP contribution in [0, 0.1) is 28.6 Å². The fourth-order valence-corrected chi connectivity index (χ4v) is 9.11. The predicted octanol–water partition coefficient (Wildman–Crippen LogP) is 3.89. The highest BCUT2D eigenvalue weighted by atomic mass is 32.2. The summed E-state index contributed by atoms with van der Waals surface area (Å²) in [6, 6.07) is -3.63. The third-order valence-corrected chi connectivity index (χ3v) is 13.8. The lowest BCUT2D eigenvalue weighted by Crippen LogP contribution is -2.64. The van der Waals surface area contributed by atoms with E-state index in [0.717, 1.165) is 19.3 Å². The van der Waals surface area contributed by atoms with Crippen molar-refractivity contribution in [3.05, 3.63) is 12.7 Å². The third-order valence-electron chi connectivity index (χ3n) is 11.0. The van der Waals surface area contributed by atoms with Gasteiger partial charge in [0.05, 0.1) is 22.1 Å². The van der Waals surface area contributed by atoms with E-state index < -0.39 is 73.2 Å². The third kappa shape index (κ3) is 9.47. The van der Waals surface area contributed by atoms with Gasteiger partial charge in [-0.2, -0.15) is 0 Å². The molecule has 3 rings (SSSR count). The SMILES string of the molecule is C=CCNC(=O)C(=O)C(CCC(C)C)NC(=O)[C@@H]1[C@@H]2[C@H](CN1C(=O)[C@@H](NC(=O)NC1(CS(=O)(=O)C(C)(C)C)CCCCC1)C(C)(C)C)C2(C)C. The number of fused-ring (bicyclic) bond motifs is 1. The van der Waals surface area contributed by atoms with Gasteiger partial charge in [0.2, 0.25) is 17.6 Å². The van der Waals surface area contributed by atoms with Gasteiger partial charge in [-0.25, -0.2) is 13.2 Å². The van der Waals surface area contributed by atoms with Gasteiger partial charge in [0.25, 0.3) is 5.91 Å². The highest BCUT2D eigenvalue weighted by molar-refractivity contribution is 7.92. The molecule has 4 N–H and O–H groups in total. The van der Waals surface area contributed by atoms with Crippen LogP contribution in [0.1, 0.15) is 114 Å². The molecule has 5 atom stereocenters. The number of hydrogen-bond donors (Lipinski definition) is 4. The van der Waals surface area contributed by atoms with Crippen molar-refractivity contribution < 1.29 is 32.4 Å². The average Bonchev–Trinajstić information content (AvgIpc) is 3.30. The summed E-state index contributed by atoms with van der Waals surface area (Å²) in [6.07, 6.45) is 5.86. The minimum absolute atomic E-state index is 0.0467. The Bertz CT molecular complexity index is 1420. The summed E-state index contributed by atoms with van der Waals surface area (Å²) in [6.45, 7) is 22.5. The number of ketones is 1. The number of piperidine rings is 1. The second kappa shape index (κ2) is 15.3. The zero-order chi connectivity index (χ0) is 38.0. The van der Waals surface area contributed by atoms with E-state index in [2.05, 4.69) is 41.7 Å². The zero-order valence-electron chi connectivity index (χ0n) is 32.0. The van der Waals surface area contributed by atoms with E-state index in [4.69, 9.17) is 0 Å². The van der Waals surface area contributed by atoms with Crippen molar-refractivity contribution in [2.75, 3.05) is 18.8 Å². The number of rotatable bonds is 14. The van der Waals surface area contributed by atoms with Crippen LogP contribution in [0.3, 0.4) is 0 Å². The lowest BCUT2D eigenvalue weighted by atomic mass is 9.83. The van der Waals surface area contributed by atoms with Crippen molar-refractivity contribution in [2.45, 2.75) is 143 Å². The Labute approximate surface area is 300 Å². The summed E-state index contributed by atoms with van der Waals surface area (Å²) in [4.78, 5) is 69.7. The van der Waals surface area contributed by atoms with Crippen LogP contribution in [0.2, 0.25) is 0 Å². The summed E-state index contributed by atoms with van der Waals surface area (Å²) in [5.41, 5.74) is -1.95. The maximum absolute atomic E-state index is 14.5. The molecular weight excluding hydrogens is 659 g/mol. The van der Waals surface area contributed by atoms with Gasteiger partial charge in [-0.1, -0.05) is 73.8 Å². The molecule has 1 unspecified atom stereocenters. The maximum Gasteiger partial charge on any atom is 0.315 e. The second-order valence-corrected chi connectivity index (χ2v) is 20.6. The summed E-state index contributed by atoms with van der Waals surface area (Å²) < 4.78 is 25.6. The number of carbonyl (C=O) groups excluding carboxylic acids is 5. The number of Topliss-reactive ketones (excluding diaryl/α,β-unsaturated/α-hetero) is 1. The first-order valence-electron chi connectivity index (χ1n) is 18.2. The van der Waals surface area contributed by atoms with Crippen LogP contribution in [0.25, 0.3) is 0 Å². The van der Waals surface area contributed by atoms with Crippen LogP contribution in [0.5, 0.6) is 0 Å². The van der Waals surface area contributed by atoms with E-state index in [1.807, 2.05) is 34.6 Å². The number of nitrogens with zero attached hydrogens (tertiary/aromatic N) is 1. The van der Waals surface area contributed by atoms with Gasteiger partial charge >= 0.3 is 6.03 Å². The zero-order valence-corrected chi connectivity index (χ0v) is 32.8. The number of hydrogen-bond acceptors (Lipinski definition) is 7. The summed E-state index contributed by atoms with van der Waals surface area (Å²) >= 11 is 0. The molecule has 50 heavy (non-hydrogen) atoms. The number of nitrogens with one attached hydrogen (secondary N) is 4. The fraction of sp³-hybridized carbons (Fsp3) is 0.811. The molecule has 0 spiro atoms. The molecule has 2 saturated carbocycles. The van der Waals surface area contributed by atoms with Crippen LogP contribution < -0.4 is 21.3 Å². The Kier molecular flexibility index (Phi) is 12.7. The van der Waals surface area contributed by atoms with E-state index in [-0.39, 0.29) is 41.9 Å². The molecule has 3 aliphatic rings. The minimum Gasteiger partial charge on any atom is -0.346 e. The van der Waals surface area contributed by atoms with Gasteiger partial charge in [-0.05, 0) is 75.0 Å². The highest BCUT2D eigenvalue weighted by Crippen LogP contribution is 2.65. The lowest BCUT2D eigenvalue weighted by molar-refractivity contribution is -0.145. The average molecular weight is 722 g/mol. The van der Waals surface area contributed by atoms with E-state index in [1.54, 1.807) is 20.8 Å². The molecule has 1 heterocycles. The van der Waals surface area contributed by atoms with Gasteiger partial charge in [-0.15, -0.1) is 6.58 Å². The molecule has 2 aliphatic carbocycles. The quantitative estimate of drug-likeness (QED) is 0.156. The van der Waals surface area contributed by atoms with E-state index in [9.17, 15) is 32.4 Å². The van der Waals surface area contributed by atoms with Crippen molar-refractivity contribution in [1.29, 1.82) is 0 Å². The number of sulfone groups is 1. The Morgan fingerprint density at radius 2 is 1.54 bits per heavy atom. The lowest BCUT2D eigenvalue weighted by Gasteiger charge is -2.41. The molecule has 0 aromatic carbocycles. The van der Waals surface area contributed by atoms with Crippen molar-refractivity contribution in [3.63, 3.8) is 0 Å². The molecule has 13 heteroatoms. The molecule has 5 amide bonds. The second-order valence-electron chi connectivity index (χ2n) is 17.9. The molecule has 12 nitrogen and oxygen atoms in total. The standard InChI is InChI=1S/C37H63N5O7S/c1-12-20-38-31(45)28(43)25(17-16-23(2)3)39-30(44)27-26-24(36(26,10)11)21-42(27)32(46)29(34(4,5)6)40-33(47)41-37(18-14-13-15-19-37)22-50(48,49)35(7,8)9/h12,23-27,29H,1,13-22H2,2-11H3,(H,38,45)(H,39,44)(H2,40,41,47)/t24-,25?,26-,27-,29+/m0/s1. The van der Waals surface area contributed by atoms with Gasteiger partial charge in [-0.3, -0.25) is 19.2 Å². The first-order valence-corrected chi connectivity index (χ1v) is 19.9. The molecule has 1 aliphatic heterocycles. The van der Waals surface area contributed by atoms with E-state index in [1.165, 1.54) is 11.0 Å². The Balaban J connectivity index is 1.87. The Morgan fingerprint density at radius 3 is 2.06 bits per heavy atom. The molecule has 0 bridgehead atoms. The van der Waals surface area contributed by atoms with Crippen LogP contribution in [0.4, 0.5) is 4.79 Å². The molecule has 3 fully saturated rings. The summed E-state index contributed by atoms with van der Waals surface area (Å²) in [5.74, 6) is -2.57. The van der Waals surface area contributed by atoms with Gasteiger partial charge < -0.3 is 26.2 Å². The van der Waals surface area contributed by atoms with Crippen molar-refractivity contribution in [2.24, 2.45) is 28.6 Å². The number of urea groups is 1. The molecular formula is C37H63N5O7S. The Morgan fingerprint density at radius 1 is 0.940 bits per heavy atom. The monoisotopic (exact) mass is 721 g/mol. The molecule has 1 saturated heterocycles. The Hall–Kier alpha value is -2.96. The highest BCUT2D eigenvalue weighted by Gasteiger charge is 2.70. The fourth-order valence-electron chi connectivity index (χ4n) is 7.59. The molecule has 0 aromatic heterocycles. The molecule has 0 radical (unpaired) electrons. The van der Waals surface area contributed by atoms with Crippen molar-refractivity contribution in [3.8, 4) is 0 Å². The van der Waals surface area contributed by atoms with E-state index in [0.29, 0.717) is 25.8 Å². The van der Waals surface area contributed by atoms with E-state index >= 15 is 0 Å². The maximum atomic E-state index is 14.5. The summed E-state index contributed by atoms with van der Waals surface area (Å²) in [7, 11) is -3.57. The number of likely N-dealkylation sites (tertiary alicyclic amines) is 1. The van der Waals surface area contributed by atoms with Crippen molar-refractivity contribution >= 4 is 39.4 Å².